The van der Waals surface area contributed by atoms with Crippen molar-refractivity contribution in [1.82, 2.24) is 5.32 Å². The molecule has 1 fully saturated rings. The molecule has 2 aliphatic rings. The maximum Gasteiger partial charge on any atom is 0.254 e. The second-order valence-electron chi connectivity index (χ2n) is 9.64. The maximum atomic E-state index is 13.4. The quantitative estimate of drug-likeness (QED) is 0.337. The molecule has 188 valence electrons. The molecule has 1 aromatic heterocycles. The van der Waals surface area contributed by atoms with Crippen LogP contribution < -0.4 is 14.8 Å². The van der Waals surface area contributed by atoms with Gasteiger partial charge in [-0.15, -0.1) is 11.3 Å². The number of benzene rings is 2. The third-order valence-corrected chi connectivity index (χ3v) is 8.28. The minimum Gasteiger partial charge on any atom is -0.493 e. The van der Waals surface area contributed by atoms with Gasteiger partial charge in [-0.25, -0.2) is 4.99 Å². The Hall–Kier alpha value is -3.12. The van der Waals surface area contributed by atoms with E-state index in [0.717, 1.165) is 53.8 Å². The molecule has 2 aliphatic carbocycles. The largest absolute Gasteiger partial charge is 0.493 e. The number of nitrogens with zero attached hydrogens (tertiary/aromatic N) is 1. The van der Waals surface area contributed by atoms with Crippen LogP contribution in [-0.4, -0.2) is 25.3 Å². The molecule has 0 unspecified atom stereocenters. The highest BCUT2D eigenvalue weighted by Crippen LogP contribution is 2.40. The summed E-state index contributed by atoms with van der Waals surface area (Å²) in [6.07, 6.45) is 12.0. The van der Waals surface area contributed by atoms with Crippen molar-refractivity contribution in [3.05, 3.63) is 75.7 Å². The first-order valence-corrected chi connectivity index (χ1v) is 13.9. The molecule has 5 nitrogen and oxygen atoms in total. The van der Waals surface area contributed by atoms with Crippen molar-refractivity contribution < 1.29 is 14.3 Å². The van der Waals surface area contributed by atoms with Crippen molar-refractivity contribution in [2.24, 2.45) is 4.99 Å². The third kappa shape index (κ3) is 5.81. The average molecular weight is 503 g/mol. The summed E-state index contributed by atoms with van der Waals surface area (Å²) < 4.78 is 11.6. The molecule has 1 N–H and O–H groups in total. The first-order valence-electron chi connectivity index (χ1n) is 13.1. The molecule has 0 aliphatic heterocycles. The van der Waals surface area contributed by atoms with Crippen LogP contribution in [0.25, 0.3) is 0 Å². The first kappa shape index (κ1) is 24.6. The number of amides is 1. The SMILES string of the molecule is COc1cc(/C=N\c2sc3c(c2C(=O)NC2CCCCC2)CCCC3)ccc1OCc1ccccc1. The topological polar surface area (TPSA) is 59.9 Å². The van der Waals surface area contributed by atoms with Gasteiger partial charge in [-0.3, -0.25) is 4.79 Å². The number of nitrogens with one attached hydrogen (secondary N) is 1. The molecule has 0 bridgehead atoms. The zero-order valence-electron chi connectivity index (χ0n) is 20.9. The van der Waals surface area contributed by atoms with Crippen LogP contribution in [0.4, 0.5) is 5.00 Å². The Kier molecular flexibility index (Phi) is 8.01. The van der Waals surface area contributed by atoms with Gasteiger partial charge in [-0.05, 0) is 73.4 Å². The molecule has 1 amide bonds. The monoisotopic (exact) mass is 502 g/mol. The number of hydrogen-bond acceptors (Lipinski definition) is 5. The minimum atomic E-state index is 0.0516. The van der Waals surface area contributed by atoms with E-state index in [4.69, 9.17) is 14.5 Å². The molecule has 5 rings (SSSR count). The summed E-state index contributed by atoms with van der Waals surface area (Å²) in [5, 5.41) is 4.14. The van der Waals surface area contributed by atoms with Crippen LogP contribution in [0.3, 0.4) is 0 Å². The molecule has 1 saturated carbocycles. The molecule has 36 heavy (non-hydrogen) atoms. The van der Waals surface area contributed by atoms with Gasteiger partial charge < -0.3 is 14.8 Å². The number of aliphatic imine (C=N–C) groups is 1. The highest BCUT2D eigenvalue weighted by molar-refractivity contribution is 7.16. The van der Waals surface area contributed by atoms with Gasteiger partial charge in [-0.2, -0.15) is 0 Å². The molecular weight excluding hydrogens is 468 g/mol. The number of carbonyl (C=O) groups is 1. The highest BCUT2D eigenvalue weighted by Gasteiger charge is 2.27. The molecular formula is C30H34N2O3S. The maximum absolute atomic E-state index is 13.4. The summed E-state index contributed by atoms with van der Waals surface area (Å²) in [5.41, 5.74) is 4.02. The number of fused-ring (bicyclic) bond motifs is 1. The Morgan fingerprint density at radius 3 is 2.64 bits per heavy atom. The lowest BCUT2D eigenvalue weighted by molar-refractivity contribution is 0.0927. The van der Waals surface area contributed by atoms with Crippen LogP contribution in [0, 0.1) is 0 Å². The number of ether oxygens (including phenoxy) is 2. The van der Waals surface area contributed by atoms with Gasteiger partial charge in [0.15, 0.2) is 11.5 Å². The molecule has 3 aromatic rings. The van der Waals surface area contributed by atoms with Gasteiger partial charge in [-0.1, -0.05) is 49.6 Å². The van der Waals surface area contributed by atoms with Gasteiger partial charge in [0.25, 0.3) is 5.91 Å². The van der Waals surface area contributed by atoms with Gasteiger partial charge in [0.05, 0.1) is 12.7 Å². The number of hydrogen-bond donors (Lipinski definition) is 1. The second kappa shape index (κ2) is 11.7. The Bertz CT molecular complexity index is 1210. The van der Waals surface area contributed by atoms with Gasteiger partial charge in [0, 0.05) is 17.1 Å². The predicted molar refractivity (Wildman–Crippen MR) is 146 cm³/mol. The molecule has 6 heteroatoms. The van der Waals surface area contributed by atoms with Crippen molar-refractivity contribution >= 4 is 28.5 Å². The fourth-order valence-electron chi connectivity index (χ4n) is 5.13. The molecule has 0 saturated heterocycles. The zero-order chi connectivity index (χ0) is 24.7. The van der Waals surface area contributed by atoms with E-state index in [2.05, 4.69) is 5.32 Å². The Morgan fingerprint density at radius 1 is 1.03 bits per heavy atom. The van der Waals surface area contributed by atoms with Gasteiger partial charge in [0.2, 0.25) is 0 Å². The van der Waals surface area contributed by atoms with Crippen molar-refractivity contribution in [2.45, 2.75) is 70.4 Å². The molecule has 0 spiro atoms. The van der Waals surface area contributed by atoms with E-state index in [1.165, 1.54) is 36.1 Å². The van der Waals surface area contributed by atoms with Crippen LogP contribution >= 0.6 is 11.3 Å². The lowest BCUT2D eigenvalue weighted by Gasteiger charge is -2.23. The lowest BCUT2D eigenvalue weighted by atomic mass is 9.93. The van der Waals surface area contributed by atoms with E-state index in [0.29, 0.717) is 18.1 Å². The summed E-state index contributed by atoms with van der Waals surface area (Å²) in [7, 11) is 1.65. The summed E-state index contributed by atoms with van der Waals surface area (Å²) in [4.78, 5) is 19.6. The van der Waals surface area contributed by atoms with Crippen molar-refractivity contribution in [1.29, 1.82) is 0 Å². The Labute approximate surface area is 217 Å². The number of thiophene rings is 1. The van der Waals surface area contributed by atoms with Crippen molar-refractivity contribution in [3.63, 3.8) is 0 Å². The predicted octanol–water partition coefficient (Wildman–Crippen LogP) is 7.03. The van der Waals surface area contributed by atoms with E-state index in [-0.39, 0.29) is 11.9 Å². The smallest absolute Gasteiger partial charge is 0.254 e. The van der Waals surface area contributed by atoms with Crippen LogP contribution in [0.5, 0.6) is 11.5 Å². The van der Waals surface area contributed by atoms with Crippen molar-refractivity contribution in [2.75, 3.05) is 7.11 Å². The number of rotatable bonds is 8. The molecule has 2 aromatic carbocycles. The van der Waals surface area contributed by atoms with Crippen molar-refractivity contribution in [3.8, 4) is 11.5 Å². The van der Waals surface area contributed by atoms with E-state index >= 15 is 0 Å². The average Bonchev–Trinajstić information content (AvgIpc) is 3.30. The van der Waals surface area contributed by atoms with Crippen LogP contribution in [0.1, 0.15) is 76.9 Å². The molecule has 0 radical (unpaired) electrons. The van der Waals surface area contributed by atoms with Gasteiger partial charge >= 0.3 is 0 Å². The minimum absolute atomic E-state index is 0.0516. The second-order valence-corrected chi connectivity index (χ2v) is 10.7. The summed E-state index contributed by atoms with van der Waals surface area (Å²) >= 11 is 1.68. The van der Waals surface area contributed by atoms with E-state index in [1.54, 1.807) is 18.4 Å². The summed E-state index contributed by atoms with van der Waals surface area (Å²) in [6.45, 7) is 0.477. The fourth-order valence-corrected chi connectivity index (χ4v) is 6.36. The molecule has 1 heterocycles. The highest BCUT2D eigenvalue weighted by atomic mass is 32.1. The summed E-state index contributed by atoms with van der Waals surface area (Å²) in [5.74, 6) is 1.41. The van der Waals surface area contributed by atoms with E-state index < -0.39 is 0 Å². The van der Waals surface area contributed by atoms with E-state index in [9.17, 15) is 4.79 Å². The normalized spacial score (nSPS) is 16.0. The van der Waals surface area contributed by atoms with Crippen LogP contribution in [-0.2, 0) is 19.4 Å². The Morgan fingerprint density at radius 2 is 1.83 bits per heavy atom. The lowest BCUT2D eigenvalue weighted by Crippen LogP contribution is -2.36. The number of carbonyl (C=O) groups excluding carboxylic acids is 1. The number of methoxy groups -OCH3 is 1. The Balaban J connectivity index is 1.35. The summed E-state index contributed by atoms with van der Waals surface area (Å²) in [6, 6.07) is 16.2. The first-order chi connectivity index (χ1) is 17.7. The number of aryl methyl sites for hydroxylation is 1. The van der Waals surface area contributed by atoms with Gasteiger partial charge in [0.1, 0.15) is 11.6 Å². The fraction of sp³-hybridized carbons (Fsp3) is 0.400. The standard InChI is InChI=1S/C30H34N2O3S/c1-34-26-18-22(16-17-25(26)35-20-21-10-4-2-5-11-21)19-31-30-28(24-14-8-9-15-27(24)36-30)29(33)32-23-12-6-3-7-13-23/h2,4-5,10-11,16-19,23H,3,6-9,12-15,20H2,1H3,(H,32,33)/b31-19-. The molecule has 0 atom stereocenters. The third-order valence-electron chi connectivity index (χ3n) is 7.08. The van der Waals surface area contributed by atoms with Crippen LogP contribution in [0.2, 0.25) is 0 Å². The van der Waals surface area contributed by atoms with E-state index in [1.807, 2.05) is 54.7 Å². The van der Waals surface area contributed by atoms with Crippen LogP contribution in [0.15, 0.2) is 53.5 Å². The zero-order valence-corrected chi connectivity index (χ0v) is 21.7.